The van der Waals surface area contributed by atoms with Gasteiger partial charge in [-0.3, -0.25) is 10.2 Å². The molecule has 0 saturated carbocycles. The number of thiophene rings is 1. The van der Waals surface area contributed by atoms with Gasteiger partial charge < -0.3 is 24.7 Å². The maximum atomic E-state index is 12.9. The van der Waals surface area contributed by atoms with Crippen LogP contribution in [-0.4, -0.2) is 58.3 Å². The van der Waals surface area contributed by atoms with Crippen molar-refractivity contribution in [1.82, 2.24) is 14.6 Å². The second kappa shape index (κ2) is 8.23. The fraction of sp³-hybridized carbons (Fsp3) is 0.389. The lowest BCUT2D eigenvalue weighted by Gasteiger charge is -2.49. The molecule has 12 heteroatoms. The van der Waals surface area contributed by atoms with Crippen molar-refractivity contribution in [2.45, 2.75) is 17.2 Å². The molecule has 9 nitrogen and oxygen atoms in total. The number of hydrogen-bond acceptors (Lipinski definition) is 7. The van der Waals surface area contributed by atoms with Gasteiger partial charge in [-0.25, -0.2) is 0 Å². The van der Waals surface area contributed by atoms with Gasteiger partial charge in [0.25, 0.3) is 5.91 Å². The molecule has 0 aliphatic carbocycles. The number of nitrogens with one attached hydrogen (secondary N) is 3. The number of ether oxygens (including phenoxy) is 2. The number of halogens is 1. The number of methoxy groups -OCH3 is 1. The van der Waals surface area contributed by atoms with Crippen LogP contribution in [0.25, 0.3) is 0 Å². The molecule has 30 heavy (non-hydrogen) atoms. The van der Waals surface area contributed by atoms with Gasteiger partial charge in [-0.05, 0) is 12.1 Å². The fourth-order valence-electron chi connectivity index (χ4n) is 3.55. The number of hydrogen-bond donors (Lipinski definition) is 3. The summed E-state index contributed by atoms with van der Waals surface area (Å²) in [5, 5.41) is 14.1. The second-order valence-electron chi connectivity index (χ2n) is 6.84. The van der Waals surface area contributed by atoms with Crippen molar-refractivity contribution < 1.29 is 18.8 Å². The number of pyridine rings is 1. The van der Waals surface area contributed by atoms with Crippen LogP contribution in [0, 0.1) is 5.41 Å². The highest BCUT2D eigenvalue weighted by atomic mass is 35.5. The first-order chi connectivity index (χ1) is 14.4. The molecule has 4 rings (SSSR count). The summed E-state index contributed by atoms with van der Waals surface area (Å²) in [5.41, 5.74) is -0.832. The van der Waals surface area contributed by atoms with Gasteiger partial charge in [0.1, 0.15) is 11.4 Å². The van der Waals surface area contributed by atoms with E-state index in [0.29, 0.717) is 39.5 Å². The number of aromatic nitrogens is 1. The van der Waals surface area contributed by atoms with Gasteiger partial charge >= 0.3 is 0 Å². The Morgan fingerprint density at radius 3 is 3.17 bits per heavy atom. The van der Waals surface area contributed by atoms with Crippen LogP contribution in [0.4, 0.5) is 5.82 Å². The van der Waals surface area contributed by atoms with Crippen molar-refractivity contribution in [2.24, 2.45) is 0 Å². The van der Waals surface area contributed by atoms with Crippen LogP contribution in [0.1, 0.15) is 21.0 Å². The highest BCUT2D eigenvalue weighted by Gasteiger charge is 2.57. The third kappa shape index (κ3) is 3.60. The molecule has 1 amide bonds. The summed E-state index contributed by atoms with van der Waals surface area (Å²) in [6, 6.07) is 6.65. The summed E-state index contributed by atoms with van der Waals surface area (Å²) in [5.74, 6) is 0.423. The molecule has 2 aromatic heterocycles. The van der Waals surface area contributed by atoms with E-state index in [4.69, 9.17) is 26.5 Å². The molecular weight excluding hydrogens is 450 g/mol. The van der Waals surface area contributed by atoms with Crippen LogP contribution in [0.5, 0.6) is 5.88 Å². The molecule has 3 atom stereocenters. The topological polar surface area (TPSA) is 123 Å². The van der Waals surface area contributed by atoms with Gasteiger partial charge in [0.2, 0.25) is 11.8 Å². The molecule has 0 radical (unpaired) electrons. The number of fused-ring (bicyclic) bond motifs is 1. The van der Waals surface area contributed by atoms with Crippen molar-refractivity contribution in [1.29, 1.82) is 5.41 Å². The van der Waals surface area contributed by atoms with Gasteiger partial charge in [-0.2, -0.15) is 9.29 Å². The first kappa shape index (κ1) is 21.2. The van der Waals surface area contributed by atoms with E-state index < -0.39 is 22.2 Å². The standard InChI is InChI=1S/C18H20ClN5O4S2/c1-24-17(20)23-18(6-7-28-9-12(18)30(24)26)15-10(19)8-11(29-15)16(25)22-13-4-3-5-14(21-13)27-2/h3-5,8,12H,6-7,9H2,1-2H3,(H2,20,23)(H,21,22,25)/t12?,18-,30?/m0/s1. The van der Waals surface area contributed by atoms with Crippen LogP contribution in [-0.2, 0) is 21.6 Å². The Balaban J connectivity index is 1.65. The Morgan fingerprint density at radius 1 is 1.60 bits per heavy atom. The summed E-state index contributed by atoms with van der Waals surface area (Å²) >= 11 is 6.29. The quantitative estimate of drug-likeness (QED) is 0.586. The molecule has 2 aromatic rings. The number of rotatable bonds is 4. The van der Waals surface area contributed by atoms with Crippen LogP contribution in [0.2, 0.25) is 5.02 Å². The van der Waals surface area contributed by atoms with Gasteiger partial charge in [-0.1, -0.05) is 17.7 Å². The van der Waals surface area contributed by atoms with E-state index in [1.807, 2.05) is 0 Å². The van der Waals surface area contributed by atoms with Crippen molar-refractivity contribution in [3.63, 3.8) is 0 Å². The molecule has 0 aromatic carbocycles. The zero-order chi connectivity index (χ0) is 21.5. The van der Waals surface area contributed by atoms with Gasteiger partial charge in [0.15, 0.2) is 5.25 Å². The van der Waals surface area contributed by atoms with E-state index in [0.717, 1.165) is 0 Å². The van der Waals surface area contributed by atoms with E-state index in [1.54, 1.807) is 31.3 Å². The number of carbonyl (C=O) groups excluding carboxylic acids is 1. The van der Waals surface area contributed by atoms with Crippen molar-refractivity contribution in [3.05, 3.63) is 39.0 Å². The molecule has 4 heterocycles. The van der Waals surface area contributed by atoms with Gasteiger partial charge in [-0.15, -0.1) is 11.3 Å². The Labute approximate surface area is 185 Å². The molecule has 160 valence electrons. The molecule has 0 bridgehead atoms. The van der Waals surface area contributed by atoms with Gasteiger partial charge in [0, 0.05) is 19.1 Å². The Morgan fingerprint density at radius 2 is 2.40 bits per heavy atom. The van der Waals surface area contributed by atoms with E-state index in [-0.39, 0.29) is 18.5 Å². The molecule has 2 saturated heterocycles. The van der Waals surface area contributed by atoms with Crippen molar-refractivity contribution in [3.8, 4) is 5.88 Å². The van der Waals surface area contributed by atoms with E-state index >= 15 is 0 Å². The largest absolute Gasteiger partial charge is 0.592 e. The molecule has 3 N–H and O–H groups in total. The van der Waals surface area contributed by atoms with Crippen LogP contribution in [0.3, 0.4) is 0 Å². The predicted octanol–water partition coefficient (Wildman–Crippen LogP) is 2.18. The SMILES string of the molecule is COc1cccc(NC(=O)c2cc(Cl)c([C@]34CCOCC3[S+]([O-])N(C)C(=N)N4)s2)n1. The number of amides is 1. The summed E-state index contributed by atoms with van der Waals surface area (Å²) in [6.07, 6.45) is 0.484. The van der Waals surface area contributed by atoms with Crippen LogP contribution in [0.15, 0.2) is 24.3 Å². The molecule has 2 unspecified atom stereocenters. The highest BCUT2D eigenvalue weighted by molar-refractivity contribution is 7.90. The number of carbonyl (C=O) groups is 1. The highest BCUT2D eigenvalue weighted by Crippen LogP contribution is 2.46. The lowest BCUT2D eigenvalue weighted by Crippen LogP contribution is -2.69. The minimum Gasteiger partial charge on any atom is -0.592 e. The molecule has 2 fully saturated rings. The first-order valence-electron chi connectivity index (χ1n) is 9.07. The average Bonchev–Trinajstić information content (AvgIpc) is 3.15. The zero-order valence-electron chi connectivity index (χ0n) is 16.2. The smallest absolute Gasteiger partial charge is 0.266 e. The van der Waals surface area contributed by atoms with E-state index in [9.17, 15) is 9.35 Å². The third-order valence-electron chi connectivity index (χ3n) is 5.12. The lowest BCUT2D eigenvalue weighted by atomic mass is 9.87. The normalized spacial score (nSPS) is 26.0. The number of anilines is 1. The van der Waals surface area contributed by atoms with Crippen molar-refractivity contribution >= 4 is 52.0 Å². The maximum absolute atomic E-state index is 12.9. The van der Waals surface area contributed by atoms with Crippen molar-refractivity contribution in [2.75, 3.05) is 32.7 Å². The summed E-state index contributed by atoms with van der Waals surface area (Å²) in [4.78, 5) is 18.0. The summed E-state index contributed by atoms with van der Waals surface area (Å²) in [7, 11) is 3.10. The molecule has 2 aliphatic rings. The maximum Gasteiger partial charge on any atom is 0.266 e. The number of nitrogens with zero attached hydrogens (tertiary/aromatic N) is 2. The molecular formula is C18H20ClN5O4S2. The van der Waals surface area contributed by atoms with Crippen LogP contribution < -0.4 is 15.4 Å². The minimum atomic E-state index is -1.47. The minimum absolute atomic E-state index is 0.0440. The Hall–Kier alpha value is -2.05. The molecule has 0 spiro atoms. The zero-order valence-corrected chi connectivity index (χ0v) is 18.6. The average molecular weight is 470 g/mol. The monoisotopic (exact) mass is 469 g/mol. The second-order valence-corrected chi connectivity index (χ2v) is 9.97. The predicted molar refractivity (Wildman–Crippen MR) is 116 cm³/mol. The van der Waals surface area contributed by atoms with E-state index in [1.165, 1.54) is 22.8 Å². The molecule has 2 aliphatic heterocycles. The fourth-order valence-corrected chi connectivity index (χ4v) is 6.71. The lowest BCUT2D eigenvalue weighted by molar-refractivity contribution is 0.0442. The van der Waals surface area contributed by atoms with Crippen LogP contribution >= 0.6 is 22.9 Å². The Bertz CT molecular complexity index is 989. The number of guanidine groups is 1. The third-order valence-corrected chi connectivity index (χ3v) is 8.59. The summed E-state index contributed by atoms with van der Waals surface area (Å²) in [6.45, 7) is 0.696. The van der Waals surface area contributed by atoms with Gasteiger partial charge in [0.05, 0.1) is 46.9 Å². The summed E-state index contributed by atoms with van der Waals surface area (Å²) < 4.78 is 25.0. The first-order valence-corrected chi connectivity index (χ1v) is 11.4. The van der Waals surface area contributed by atoms with E-state index in [2.05, 4.69) is 15.6 Å². The Kier molecular flexibility index (Phi) is 5.82.